The van der Waals surface area contributed by atoms with Crippen molar-refractivity contribution in [2.45, 2.75) is 57.3 Å². The summed E-state index contributed by atoms with van der Waals surface area (Å²) >= 11 is 4.02. The highest BCUT2D eigenvalue weighted by Gasteiger charge is 2.31. The number of carboxylic acids is 2. The average Bonchev–Trinajstić information content (AvgIpc) is 3.22. The smallest absolute Gasteiger partial charge is 0.326 e. The first-order valence-corrected chi connectivity index (χ1v) is 10.8. The largest absolute Gasteiger partial charge is 0.481 e. The van der Waals surface area contributed by atoms with E-state index in [2.05, 4.69) is 38.5 Å². The van der Waals surface area contributed by atoms with Crippen molar-refractivity contribution in [3.63, 3.8) is 0 Å². The molecule has 1 heterocycles. The molecule has 184 valence electrons. The van der Waals surface area contributed by atoms with Crippen LogP contribution in [0.2, 0.25) is 0 Å². The molecule has 1 rings (SSSR count). The summed E-state index contributed by atoms with van der Waals surface area (Å²) in [5.74, 6) is -5.25. The first kappa shape index (κ1) is 27.9. The molecule has 8 N–H and O–H groups in total. The zero-order chi connectivity index (χ0) is 25.1. The summed E-state index contributed by atoms with van der Waals surface area (Å²) in [6.07, 6.45) is 2.14. The van der Waals surface area contributed by atoms with Gasteiger partial charge in [0.1, 0.15) is 18.1 Å². The van der Waals surface area contributed by atoms with Crippen molar-refractivity contribution < 1.29 is 34.2 Å². The average molecular weight is 487 g/mol. The molecule has 0 saturated carbocycles. The molecule has 0 spiro atoms. The van der Waals surface area contributed by atoms with Gasteiger partial charge in [-0.05, 0) is 12.3 Å². The van der Waals surface area contributed by atoms with Gasteiger partial charge in [-0.1, -0.05) is 13.8 Å². The maximum absolute atomic E-state index is 12.6. The van der Waals surface area contributed by atoms with Crippen molar-refractivity contribution in [1.82, 2.24) is 25.9 Å². The highest BCUT2D eigenvalue weighted by atomic mass is 32.1. The Morgan fingerprint density at radius 1 is 1.03 bits per heavy atom. The Balaban J connectivity index is 2.87. The molecule has 1 aromatic rings. The number of aromatic amines is 1. The minimum Gasteiger partial charge on any atom is -0.481 e. The summed E-state index contributed by atoms with van der Waals surface area (Å²) in [5.41, 5.74) is 6.23. The highest BCUT2D eigenvalue weighted by molar-refractivity contribution is 7.80. The molecule has 0 saturated heterocycles. The van der Waals surface area contributed by atoms with Gasteiger partial charge in [-0.3, -0.25) is 19.2 Å². The number of carboxylic acid groups (broad SMARTS) is 2. The lowest BCUT2D eigenvalue weighted by molar-refractivity contribution is -0.143. The van der Waals surface area contributed by atoms with Crippen LogP contribution in [0.25, 0.3) is 0 Å². The lowest BCUT2D eigenvalue weighted by Gasteiger charge is -2.24. The maximum atomic E-state index is 12.6. The van der Waals surface area contributed by atoms with Crippen LogP contribution in [0.15, 0.2) is 12.5 Å². The minimum absolute atomic E-state index is 0.140. The molecule has 0 fully saturated rings. The van der Waals surface area contributed by atoms with E-state index in [0.717, 1.165) is 0 Å². The molecule has 1 aromatic heterocycles. The summed E-state index contributed by atoms with van der Waals surface area (Å²) in [4.78, 5) is 66.7. The standard InChI is InChI=1S/C19H30N6O7S/c1-9(2)3-11(20)16(28)25-14(7-33)18(30)23-12(5-15(26)27)17(29)24-13(19(31)32)4-10-6-21-8-22-10/h6,8-9,11-14,33H,3-5,7,20H2,1-2H3,(H,21,22)(H,23,30)(H,24,29)(H,25,28)(H,26,27)(H,31,32). The maximum Gasteiger partial charge on any atom is 0.326 e. The third kappa shape index (κ3) is 9.91. The first-order valence-electron chi connectivity index (χ1n) is 10.1. The van der Waals surface area contributed by atoms with E-state index < -0.39 is 60.2 Å². The number of aliphatic carboxylic acids is 2. The zero-order valence-corrected chi connectivity index (χ0v) is 19.2. The Kier molecular flexibility index (Phi) is 11.4. The van der Waals surface area contributed by atoms with Crippen LogP contribution in [0.1, 0.15) is 32.4 Å². The predicted octanol–water partition coefficient (Wildman–Crippen LogP) is -1.73. The number of hydrogen-bond donors (Lipinski definition) is 8. The second kappa shape index (κ2) is 13.4. The second-order valence-electron chi connectivity index (χ2n) is 7.82. The lowest BCUT2D eigenvalue weighted by Crippen LogP contribution is -2.58. The van der Waals surface area contributed by atoms with E-state index >= 15 is 0 Å². The fourth-order valence-corrected chi connectivity index (χ4v) is 3.09. The fourth-order valence-electron chi connectivity index (χ4n) is 2.83. The van der Waals surface area contributed by atoms with Crippen LogP contribution in [-0.4, -0.2) is 79.8 Å². The van der Waals surface area contributed by atoms with Crippen molar-refractivity contribution in [2.24, 2.45) is 11.7 Å². The van der Waals surface area contributed by atoms with E-state index in [1.54, 1.807) is 0 Å². The molecule has 0 aliphatic heterocycles. The summed E-state index contributed by atoms with van der Waals surface area (Å²) < 4.78 is 0. The molecule has 13 nitrogen and oxygen atoms in total. The van der Waals surface area contributed by atoms with Gasteiger partial charge in [0.25, 0.3) is 0 Å². The quantitative estimate of drug-likeness (QED) is 0.140. The van der Waals surface area contributed by atoms with Crippen molar-refractivity contribution in [3.8, 4) is 0 Å². The van der Waals surface area contributed by atoms with Gasteiger partial charge in [-0.2, -0.15) is 12.6 Å². The normalized spacial score (nSPS) is 14.6. The molecule has 0 aromatic carbocycles. The monoisotopic (exact) mass is 486 g/mol. The third-order valence-electron chi connectivity index (χ3n) is 4.48. The van der Waals surface area contributed by atoms with Crippen LogP contribution < -0.4 is 21.7 Å². The first-order chi connectivity index (χ1) is 15.4. The highest BCUT2D eigenvalue weighted by Crippen LogP contribution is 2.05. The molecular weight excluding hydrogens is 456 g/mol. The zero-order valence-electron chi connectivity index (χ0n) is 18.3. The minimum atomic E-state index is -1.60. The van der Waals surface area contributed by atoms with Crippen molar-refractivity contribution in [1.29, 1.82) is 0 Å². The van der Waals surface area contributed by atoms with Gasteiger partial charge in [0.2, 0.25) is 17.7 Å². The molecule has 4 atom stereocenters. The SMILES string of the molecule is CC(C)CC(N)C(=O)NC(CS)C(=O)NC(CC(=O)O)C(=O)NC(Cc1cnc[nH]1)C(=O)O. The summed E-state index contributed by atoms with van der Waals surface area (Å²) in [6.45, 7) is 3.75. The Bertz CT molecular complexity index is 833. The molecule has 33 heavy (non-hydrogen) atoms. The number of thiol groups is 1. The van der Waals surface area contributed by atoms with E-state index in [1.807, 2.05) is 13.8 Å². The molecule has 0 aliphatic rings. The number of nitrogens with zero attached hydrogens (tertiary/aromatic N) is 1. The van der Waals surface area contributed by atoms with Crippen molar-refractivity contribution >= 4 is 42.3 Å². The number of aromatic nitrogens is 2. The second-order valence-corrected chi connectivity index (χ2v) is 8.18. The predicted molar refractivity (Wildman–Crippen MR) is 119 cm³/mol. The number of hydrogen-bond acceptors (Lipinski definition) is 8. The van der Waals surface area contributed by atoms with Gasteiger partial charge in [-0.15, -0.1) is 0 Å². The molecule has 4 unspecified atom stereocenters. The van der Waals surface area contributed by atoms with Crippen molar-refractivity contribution in [2.75, 3.05) is 5.75 Å². The van der Waals surface area contributed by atoms with Crippen LogP contribution >= 0.6 is 12.6 Å². The Morgan fingerprint density at radius 3 is 2.09 bits per heavy atom. The van der Waals surface area contributed by atoms with Gasteiger partial charge < -0.3 is 36.9 Å². The van der Waals surface area contributed by atoms with Crippen molar-refractivity contribution in [3.05, 3.63) is 18.2 Å². The topological polar surface area (TPSA) is 217 Å². The van der Waals surface area contributed by atoms with E-state index in [0.29, 0.717) is 12.1 Å². The Hall–Kier alpha value is -3.13. The summed E-state index contributed by atoms with van der Waals surface area (Å²) in [5, 5.41) is 25.4. The van der Waals surface area contributed by atoms with Crippen LogP contribution in [-0.2, 0) is 30.4 Å². The van der Waals surface area contributed by atoms with Crippen LogP contribution in [0.3, 0.4) is 0 Å². The Labute approximate surface area is 195 Å². The number of nitrogens with two attached hydrogens (primary N) is 1. The van der Waals surface area contributed by atoms with Gasteiger partial charge in [-0.25, -0.2) is 9.78 Å². The number of nitrogens with one attached hydrogen (secondary N) is 4. The van der Waals surface area contributed by atoms with Crippen LogP contribution in [0.5, 0.6) is 0 Å². The summed E-state index contributed by atoms with van der Waals surface area (Å²) in [6, 6.07) is -5.05. The molecular formula is C19H30N6O7S. The molecule has 0 bridgehead atoms. The summed E-state index contributed by atoms with van der Waals surface area (Å²) in [7, 11) is 0. The Morgan fingerprint density at radius 2 is 1.61 bits per heavy atom. The van der Waals surface area contributed by atoms with E-state index in [9.17, 15) is 29.1 Å². The van der Waals surface area contributed by atoms with Gasteiger partial charge in [0.15, 0.2) is 0 Å². The number of carbonyl (C=O) groups excluding carboxylic acids is 3. The number of H-pyrrole nitrogens is 1. The molecule has 0 radical (unpaired) electrons. The molecule has 0 aliphatic carbocycles. The fraction of sp³-hybridized carbons (Fsp3) is 0.579. The number of amides is 3. The van der Waals surface area contributed by atoms with Gasteiger partial charge >= 0.3 is 11.9 Å². The van der Waals surface area contributed by atoms with E-state index in [4.69, 9.17) is 10.8 Å². The number of imidazole rings is 1. The van der Waals surface area contributed by atoms with Gasteiger partial charge in [0, 0.05) is 24.1 Å². The van der Waals surface area contributed by atoms with Gasteiger partial charge in [0.05, 0.1) is 18.8 Å². The lowest BCUT2D eigenvalue weighted by atomic mass is 10.0. The third-order valence-corrected chi connectivity index (χ3v) is 4.85. The molecule has 3 amide bonds. The molecule has 14 heteroatoms. The van der Waals surface area contributed by atoms with Crippen LogP contribution in [0, 0.1) is 5.92 Å². The number of carbonyl (C=O) groups is 5. The number of rotatable bonds is 14. The van der Waals surface area contributed by atoms with E-state index in [-0.39, 0.29) is 18.1 Å². The van der Waals surface area contributed by atoms with Crippen LogP contribution in [0.4, 0.5) is 0 Å². The van der Waals surface area contributed by atoms with E-state index in [1.165, 1.54) is 12.5 Å².